The van der Waals surface area contributed by atoms with Crippen molar-refractivity contribution in [3.8, 4) is 0 Å². The van der Waals surface area contributed by atoms with E-state index in [-0.39, 0.29) is 5.91 Å². The van der Waals surface area contributed by atoms with E-state index in [4.69, 9.17) is 5.73 Å². The minimum atomic E-state index is 0.182. The number of hydrogen-bond acceptors (Lipinski definition) is 4. The maximum Gasteiger partial charge on any atom is 0.264 e. The average Bonchev–Trinajstić information content (AvgIpc) is 2.98. The van der Waals surface area contributed by atoms with Crippen LogP contribution in [0.2, 0.25) is 0 Å². The van der Waals surface area contributed by atoms with Crippen molar-refractivity contribution in [3.63, 3.8) is 0 Å². The van der Waals surface area contributed by atoms with E-state index in [2.05, 4.69) is 11.4 Å². The van der Waals surface area contributed by atoms with Gasteiger partial charge in [0.2, 0.25) is 0 Å². The molecule has 96 valence electrons. The molecule has 0 spiro atoms. The van der Waals surface area contributed by atoms with E-state index in [0.717, 1.165) is 30.8 Å². The van der Waals surface area contributed by atoms with Crippen LogP contribution in [0.4, 0.5) is 0 Å². The predicted molar refractivity (Wildman–Crippen MR) is 77.4 cm³/mol. The first-order chi connectivity index (χ1) is 8.78. The molecule has 2 aromatic rings. The van der Waals surface area contributed by atoms with E-state index in [1.807, 2.05) is 11.0 Å². The molecule has 1 aliphatic rings. The summed E-state index contributed by atoms with van der Waals surface area (Å²) in [5.41, 5.74) is 5.72. The lowest BCUT2D eigenvalue weighted by Gasteiger charge is -2.31. The van der Waals surface area contributed by atoms with Gasteiger partial charge in [-0.3, -0.25) is 4.79 Å². The van der Waals surface area contributed by atoms with E-state index in [1.165, 1.54) is 9.40 Å². The maximum absolute atomic E-state index is 12.4. The Bertz CT molecular complexity index is 532. The van der Waals surface area contributed by atoms with E-state index < -0.39 is 0 Å². The van der Waals surface area contributed by atoms with Crippen molar-refractivity contribution in [2.45, 2.75) is 12.8 Å². The number of nitrogens with two attached hydrogens (primary N) is 1. The molecule has 1 aliphatic heterocycles. The SMILES string of the molecule is NCC1CCCN(C(=O)c2cc3sccc3s2)C1. The third-order valence-electron chi connectivity index (χ3n) is 3.49. The summed E-state index contributed by atoms with van der Waals surface area (Å²) >= 11 is 3.30. The fourth-order valence-electron chi connectivity index (χ4n) is 2.47. The van der Waals surface area contributed by atoms with Gasteiger partial charge in [-0.1, -0.05) is 0 Å². The van der Waals surface area contributed by atoms with Gasteiger partial charge in [0.1, 0.15) is 0 Å². The number of nitrogens with zero attached hydrogens (tertiary/aromatic N) is 1. The maximum atomic E-state index is 12.4. The van der Waals surface area contributed by atoms with Crippen LogP contribution in [0.3, 0.4) is 0 Å². The zero-order chi connectivity index (χ0) is 12.5. The molecule has 1 amide bonds. The number of thiophene rings is 2. The Morgan fingerprint density at radius 1 is 1.50 bits per heavy atom. The van der Waals surface area contributed by atoms with Crippen molar-refractivity contribution in [3.05, 3.63) is 22.4 Å². The Labute approximate surface area is 114 Å². The van der Waals surface area contributed by atoms with Crippen molar-refractivity contribution < 1.29 is 4.79 Å². The molecular weight excluding hydrogens is 264 g/mol. The van der Waals surface area contributed by atoms with Crippen LogP contribution >= 0.6 is 22.7 Å². The molecule has 3 rings (SSSR count). The Morgan fingerprint density at radius 3 is 3.17 bits per heavy atom. The minimum Gasteiger partial charge on any atom is -0.338 e. The fraction of sp³-hybridized carbons (Fsp3) is 0.462. The number of rotatable bonds is 2. The van der Waals surface area contributed by atoms with Gasteiger partial charge in [-0.15, -0.1) is 22.7 Å². The Balaban J connectivity index is 1.79. The first-order valence-electron chi connectivity index (χ1n) is 6.24. The summed E-state index contributed by atoms with van der Waals surface area (Å²) < 4.78 is 2.44. The van der Waals surface area contributed by atoms with Crippen molar-refractivity contribution in [1.29, 1.82) is 0 Å². The van der Waals surface area contributed by atoms with Crippen LogP contribution in [0.1, 0.15) is 22.5 Å². The summed E-state index contributed by atoms with van der Waals surface area (Å²) in [7, 11) is 0. The lowest BCUT2D eigenvalue weighted by molar-refractivity contribution is 0.0683. The standard InChI is InChI=1S/C13H16N2OS2/c14-7-9-2-1-4-15(8-9)13(16)12-6-11-10(18-12)3-5-17-11/h3,5-6,9H,1-2,4,7-8,14H2. The highest BCUT2D eigenvalue weighted by Gasteiger charge is 2.24. The second kappa shape index (κ2) is 4.99. The van der Waals surface area contributed by atoms with Gasteiger partial charge in [0.15, 0.2) is 0 Å². The predicted octanol–water partition coefficient (Wildman–Crippen LogP) is 2.77. The first-order valence-corrected chi connectivity index (χ1v) is 7.94. The van der Waals surface area contributed by atoms with Crippen molar-refractivity contribution in [2.24, 2.45) is 11.7 Å². The zero-order valence-electron chi connectivity index (χ0n) is 10.1. The van der Waals surface area contributed by atoms with Crippen molar-refractivity contribution in [2.75, 3.05) is 19.6 Å². The van der Waals surface area contributed by atoms with Gasteiger partial charge in [0, 0.05) is 22.5 Å². The normalized spacial score (nSPS) is 20.5. The first kappa shape index (κ1) is 12.1. The number of hydrogen-bond donors (Lipinski definition) is 1. The van der Waals surface area contributed by atoms with Gasteiger partial charge >= 0.3 is 0 Å². The topological polar surface area (TPSA) is 46.3 Å². The molecule has 0 bridgehead atoms. The van der Waals surface area contributed by atoms with Crippen LogP contribution in [0.25, 0.3) is 9.40 Å². The zero-order valence-corrected chi connectivity index (χ0v) is 11.7. The summed E-state index contributed by atoms with van der Waals surface area (Å²) in [4.78, 5) is 15.3. The molecule has 1 atom stereocenters. The van der Waals surface area contributed by atoms with Crippen LogP contribution in [0.5, 0.6) is 0 Å². The van der Waals surface area contributed by atoms with Crippen LogP contribution < -0.4 is 5.73 Å². The molecule has 0 saturated carbocycles. The molecule has 3 nitrogen and oxygen atoms in total. The molecule has 2 N–H and O–H groups in total. The van der Waals surface area contributed by atoms with Crippen molar-refractivity contribution in [1.82, 2.24) is 4.90 Å². The Hall–Kier alpha value is -0.910. The number of amides is 1. The van der Waals surface area contributed by atoms with Crippen LogP contribution in [-0.2, 0) is 0 Å². The van der Waals surface area contributed by atoms with Gasteiger partial charge in [-0.2, -0.15) is 0 Å². The quantitative estimate of drug-likeness (QED) is 0.919. The van der Waals surface area contributed by atoms with Gasteiger partial charge in [-0.05, 0) is 42.8 Å². The highest BCUT2D eigenvalue weighted by molar-refractivity contribution is 7.27. The van der Waals surface area contributed by atoms with Crippen LogP contribution in [-0.4, -0.2) is 30.4 Å². The van der Waals surface area contributed by atoms with Gasteiger partial charge in [0.25, 0.3) is 5.91 Å². The van der Waals surface area contributed by atoms with Crippen LogP contribution in [0.15, 0.2) is 17.5 Å². The average molecular weight is 280 g/mol. The second-order valence-corrected chi connectivity index (χ2v) is 6.79. The highest BCUT2D eigenvalue weighted by Crippen LogP contribution is 2.31. The van der Waals surface area contributed by atoms with E-state index in [0.29, 0.717) is 12.5 Å². The molecule has 1 fully saturated rings. The van der Waals surface area contributed by atoms with Gasteiger partial charge in [-0.25, -0.2) is 0 Å². The lowest BCUT2D eigenvalue weighted by Crippen LogP contribution is -2.41. The number of likely N-dealkylation sites (tertiary alicyclic amines) is 1. The fourth-order valence-corrected chi connectivity index (χ4v) is 4.55. The summed E-state index contributed by atoms with van der Waals surface area (Å²) in [5.74, 6) is 0.658. The Morgan fingerprint density at radius 2 is 2.39 bits per heavy atom. The van der Waals surface area contributed by atoms with Gasteiger partial charge < -0.3 is 10.6 Å². The summed E-state index contributed by atoms with van der Waals surface area (Å²) in [5, 5.41) is 2.07. The molecule has 0 aromatic carbocycles. The summed E-state index contributed by atoms with van der Waals surface area (Å²) in [6, 6.07) is 4.11. The number of carbonyl (C=O) groups excluding carboxylic acids is 1. The molecule has 1 unspecified atom stereocenters. The monoisotopic (exact) mass is 280 g/mol. The minimum absolute atomic E-state index is 0.182. The van der Waals surface area contributed by atoms with E-state index >= 15 is 0 Å². The molecule has 1 saturated heterocycles. The molecule has 3 heterocycles. The third kappa shape index (κ3) is 2.18. The third-order valence-corrected chi connectivity index (χ3v) is 5.57. The smallest absolute Gasteiger partial charge is 0.264 e. The molecule has 5 heteroatoms. The largest absolute Gasteiger partial charge is 0.338 e. The Kier molecular flexibility index (Phi) is 3.37. The summed E-state index contributed by atoms with van der Waals surface area (Å²) in [6.45, 7) is 2.38. The van der Waals surface area contributed by atoms with Gasteiger partial charge in [0.05, 0.1) is 4.88 Å². The van der Waals surface area contributed by atoms with E-state index in [1.54, 1.807) is 22.7 Å². The van der Waals surface area contributed by atoms with Crippen LogP contribution in [0, 0.1) is 5.92 Å². The molecule has 18 heavy (non-hydrogen) atoms. The molecule has 0 aliphatic carbocycles. The number of piperidine rings is 1. The highest BCUT2D eigenvalue weighted by atomic mass is 32.1. The van der Waals surface area contributed by atoms with Crippen molar-refractivity contribution >= 4 is 38.0 Å². The second-order valence-electron chi connectivity index (χ2n) is 4.75. The molecule has 0 radical (unpaired) electrons. The summed E-state index contributed by atoms with van der Waals surface area (Å²) in [6.07, 6.45) is 2.23. The number of carbonyl (C=O) groups is 1. The van der Waals surface area contributed by atoms with E-state index in [9.17, 15) is 4.79 Å². The molecular formula is C13H16N2OS2. The number of fused-ring (bicyclic) bond motifs is 1. The molecule has 2 aromatic heterocycles. The lowest BCUT2D eigenvalue weighted by atomic mass is 9.98.